The summed E-state index contributed by atoms with van der Waals surface area (Å²) in [5.41, 5.74) is 2.34. The Bertz CT molecular complexity index is 796. The van der Waals surface area contributed by atoms with Crippen LogP contribution in [0.15, 0.2) is 36.4 Å². The van der Waals surface area contributed by atoms with E-state index in [2.05, 4.69) is 4.98 Å². The second-order valence-corrected chi connectivity index (χ2v) is 4.86. The Balaban J connectivity index is 2.38. The second kappa shape index (κ2) is 4.87. The molecule has 0 saturated heterocycles. The molecule has 102 valence electrons. The number of imidazole rings is 1. The molecule has 0 spiro atoms. The lowest BCUT2D eigenvalue weighted by Gasteiger charge is -2.08. The first-order valence-electron chi connectivity index (χ1n) is 6.09. The van der Waals surface area contributed by atoms with Crippen LogP contribution in [0.25, 0.3) is 16.7 Å². The van der Waals surface area contributed by atoms with Crippen LogP contribution < -0.4 is 0 Å². The van der Waals surface area contributed by atoms with Gasteiger partial charge in [0, 0.05) is 17.8 Å². The highest BCUT2D eigenvalue weighted by atomic mass is 35.5. The van der Waals surface area contributed by atoms with Gasteiger partial charge in [-0.05, 0) is 24.6 Å². The highest BCUT2D eigenvalue weighted by Gasteiger charge is 2.16. The fourth-order valence-corrected chi connectivity index (χ4v) is 2.48. The fraction of sp³-hybridized carbons (Fsp3) is 0.133. The summed E-state index contributed by atoms with van der Waals surface area (Å²) in [6.07, 6.45) is 0. The van der Waals surface area contributed by atoms with Crippen molar-refractivity contribution in [2.24, 2.45) is 0 Å². The lowest BCUT2D eigenvalue weighted by molar-refractivity contribution is 0.590. The van der Waals surface area contributed by atoms with Gasteiger partial charge in [0.1, 0.15) is 17.2 Å². The van der Waals surface area contributed by atoms with Gasteiger partial charge in [-0.2, -0.15) is 0 Å². The van der Waals surface area contributed by atoms with Gasteiger partial charge in [0.2, 0.25) is 0 Å². The summed E-state index contributed by atoms with van der Waals surface area (Å²) in [4.78, 5) is 4.17. The maximum absolute atomic E-state index is 13.8. The summed E-state index contributed by atoms with van der Waals surface area (Å²) in [7, 11) is 0. The molecule has 1 aromatic heterocycles. The van der Waals surface area contributed by atoms with E-state index in [4.69, 9.17) is 11.6 Å². The molecule has 2 aromatic carbocycles. The molecule has 20 heavy (non-hydrogen) atoms. The number of halogens is 3. The van der Waals surface area contributed by atoms with Gasteiger partial charge in [0.15, 0.2) is 5.82 Å². The molecule has 0 bridgehead atoms. The van der Waals surface area contributed by atoms with Crippen molar-refractivity contribution in [1.82, 2.24) is 9.55 Å². The molecule has 0 saturated carbocycles. The minimum absolute atomic E-state index is 0.115. The van der Waals surface area contributed by atoms with Gasteiger partial charge in [-0.1, -0.05) is 12.1 Å². The van der Waals surface area contributed by atoms with Crippen LogP contribution in [-0.4, -0.2) is 9.55 Å². The summed E-state index contributed by atoms with van der Waals surface area (Å²) >= 11 is 5.89. The van der Waals surface area contributed by atoms with E-state index in [-0.39, 0.29) is 11.4 Å². The molecule has 1 heterocycles. The zero-order chi connectivity index (χ0) is 14.3. The molecule has 0 aliphatic rings. The first-order chi connectivity index (χ1) is 9.60. The largest absolute Gasteiger partial charge is 0.295 e. The molecule has 0 aliphatic carbocycles. The summed E-state index contributed by atoms with van der Waals surface area (Å²) < 4.78 is 29.0. The van der Waals surface area contributed by atoms with Crippen LogP contribution in [0.2, 0.25) is 0 Å². The molecule has 0 unspecified atom stereocenters. The molecule has 0 amide bonds. The molecular formula is C15H11ClF2N2. The third-order valence-corrected chi connectivity index (χ3v) is 3.37. The maximum atomic E-state index is 13.8. The Morgan fingerprint density at radius 1 is 1.20 bits per heavy atom. The van der Waals surface area contributed by atoms with Gasteiger partial charge < -0.3 is 0 Å². The van der Waals surface area contributed by atoms with Crippen molar-refractivity contribution in [1.29, 1.82) is 0 Å². The molecule has 0 radical (unpaired) electrons. The number of nitrogens with zero attached hydrogens (tertiary/aromatic N) is 2. The highest BCUT2D eigenvalue weighted by Crippen LogP contribution is 2.26. The van der Waals surface area contributed by atoms with Crippen molar-refractivity contribution in [2.45, 2.75) is 12.8 Å². The van der Waals surface area contributed by atoms with E-state index in [1.54, 1.807) is 4.57 Å². The topological polar surface area (TPSA) is 17.8 Å². The van der Waals surface area contributed by atoms with Gasteiger partial charge in [-0.15, -0.1) is 11.6 Å². The van der Waals surface area contributed by atoms with Crippen molar-refractivity contribution >= 4 is 22.6 Å². The number of rotatable bonds is 2. The van der Waals surface area contributed by atoms with Crippen molar-refractivity contribution < 1.29 is 8.78 Å². The van der Waals surface area contributed by atoms with Crippen LogP contribution in [0.4, 0.5) is 8.78 Å². The van der Waals surface area contributed by atoms with Crippen LogP contribution in [0.3, 0.4) is 0 Å². The molecule has 0 fully saturated rings. The average Bonchev–Trinajstić information content (AvgIpc) is 2.77. The zero-order valence-corrected chi connectivity index (χ0v) is 11.5. The van der Waals surface area contributed by atoms with E-state index in [0.29, 0.717) is 11.3 Å². The van der Waals surface area contributed by atoms with Gasteiger partial charge in [-0.25, -0.2) is 13.8 Å². The van der Waals surface area contributed by atoms with Gasteiger partial charge >= 0.3 is 0 Å². The SMILES string of the molecule is Cc1cccc(-n2c(CCl)nc3c(F)cc(F)cc32)c1. The minimum atomic E-state index is -0.683. The summed E-state index contributed by atoms with van der Waals surface area (Å²) in [6.45, 7) is 1.95. The van der Waals surface area contributed by atoms with Gasteiger partial charge in [0.25, 0.3) is 0 Å². The van der Waals surface area contributed by atoms with Gasteiger partial charge in [0.05, 0.1) is 11.4 Å². The quantitative estimate of drug-likeness (QED) is 0.642. The van der Waals surface area contributed by atoms with Crippen LogP contribution >= 0.6 is 11.6 Å². The van der Waals surface area contributed by atoms with E-state index in [9.17, 15) is 8.78 Å². The van der Waals surface area contributed by atoms with Crippen LogP contribution in [0.5, 0.6) is 0 Å². The summed E-state index contributed by atoms with van der Waals surface area (Å²) in [5, 5.41) is 0. The normalized spacial score (nSPS) is 11.2. The van der Waals surface area contributed by atoms with E-state index in [1.165, 1.54) is 6.07 Å². The Labute approximate surface area is 119 Å². The van der Waals surface area contributed by atoms with Crippen molar-refractivity contribution in [2.75, 3.05) is 0 Å². The third-order valence-electron chi connectivity index (χ3n) is 3.13. The number of aryl methyl sites for hydroxylation is 1. The molecule has 2 nitrogen and oxygen atoms in total. The van der Waals surface area contributed by atoms with Crippen molar-refractivity contribution in [3.63, 3.8) is 0 Å². The van der Waals surface area contributed by atoms with Crippen molar-refractivity contribution in [3.8, 4) is 5.69 Å². The maximum Gasteiger partial charge on any atom is 0.153 e. The Hall–Kier alpha value is -1.94. The standard InChI is InChI=1S/C15H11ClF2N2/c1-9-3-2-4-11(5-9)20-13-7-10(17)6-12(18)15(13)19-14(20)8-16/h2-7H,8H2,1H3. The highest BCUT2D eigenvalue weighted by molar-refractivity contribution is 6.17. The molecule has 3 rings (SSSR count). The number of alkyl halides is 1. The molecular weight excluding hydrogens is 282 g/mol. The number of hydrogen-bond acceptors (Lipinski definition) is 1. The molecule has 3 aromatic rings. The van der Waals surface area contributed by atoms with Crippen LogP contribution in [-0.2, 0) is 5.88 Å². The summed E-state index contributed by atoms with van der Waals surface area (Å²) in [5.74, 6) is -0.719. The number of benzene rings is 2. The Morgan fingerprint density at radius 2 is 2.00 bits per heavy atom. The number of aromatic nitrogens is 2. The van der Waals surface area contributed by atoms with Crippen LogP contribution in [0, 0.1) is 18.6 Å². The lowest BCUT2D eigenvalue weighted by atomic mass is 10.2. The fourth-order valence-electron chi connectivity index (χ4n) is 2.30. The molecule has 0 N–H and O–H groups in total. The Kier molecular flexibility index (Phi) is 3.18. The summed E-state index contributed by atoms with van der Waals surface area (Å²) in [6, 6.07) is 9.69. The second-order valence-electron chi connectivity index (χ2n) is 4.59. The van der Waals surface area contributed by atoms with E-state index in [1.807, 2.05) is 31.2 Å². The smallest absolute Gasteiger partial charge is 0.153 e. The Morgan fingerprint density at radius 3 is 2.70 bits per heavy atom. The number of hydrogen-bond donors (Lipinski definition) is 0. The monoisotopic (exact) mass is 292 g/mol. The molecule has 5 heteroatoms. The average molecular weight is 293 g/mol. The minimum Gasteiger partial charge on any atom is -0.295 e. The van der Waals surface area contributed by atoms with E-state index < -0.39 is 11.6 Å². The predicted molar refractivity (Wildman–Crippen MR) is 75.3 cm³/mol. The number of fused-ring (bicyclic) bond motifs is 1. The molecule has 0 aliphatic heterocycles. The van der Waals surface area contributed by atoms with E-state index in [0.717, 1.165) is 17.3 Å². The lowest BCUT2D eigenvalue weighted by Crippen LogP contribution is -1.99. The first-order valence-corrected chi connectivity index (χ1v) is 6.63. The van der Waals surface area contributed by atoms with E-state index >= 15 is 0 Å². The zero-order valence-electron chi connectivity index (χ0n) is 10.7. The third kappa shape index (κ3) is 2.06. The predicted octanol–water partition coefficient (Wildman–Crippen LogP) is 4.35. The molecule has 0 atom stereocenters. The van der Waals surface area contributed by atoms with Crippen molar-refractivity contribution in [3.05, 3.63) is 59.4 Å². The van der Waals surface area contributed by atoms with Crippen LogP contribution in [0.1, 0.15) is 11.4 Å². The van der Waals surface area contributed by atoms with Gasteiger partial charge in [-0.3, -0.25) is 4.57 Å². The first kappa shape index (κ1) is 13.1.